The van der Waals surface area contributed by atoms with Crippen LogP contribution in [-0.4, -0.2) is 56.9 Å². The van der Waals surface area contributed by atoms with E-state index in [2.05, 4.69) is 13.2 Å². The summed E-state index contributed by atoms with van der Waals surface area (Å²) in [6, 6.07) is 23.8. The van der Waals surface area contributed by atoms with Gasteiger partial charge in [-0.25, -0.2) is 19.2 Å². The van der Waals surface area contributed by atoms with Gasteiger partial charge in [-0.2, -0.15) is 0 Å². The van der Waals surface area contributed by atoms with Crippen LogP contribution >= 0.6 is 0 Å². The summed E-state index contributed by atoms with van der Waals surface area (Å²) in [5.74, 6) is -0.503. The Bertz CT molecular complexity index is 1640. The second-order valence-electron chi connectivity index (χ2n) is 12.0. The number of ether oxygens (including phenoxy) is 6. The highest BCUT2D eigenvalue weighted by Crippen LogP contribution is 2.20. The van der Waals surface area contributed by atoms with E-state index in [0.717, 1.165) is 86.1 Å². The van der Waals surface area contributed by atoms with Crippen molar-refractivity contribution in [2.45, 2.75) is 57.5 Å². The smallest absolute Gasteiger partial charge is 0.331 e. The molecule has 54 heavy (non-hydrogen) atoms. The Morgan fingerprint density at radius 1 is 0.500 bits per heavy atom. The molecular formula is C44H50O10. The van der Waals surface area contributed by atoms with Crippen LogP contribution in [-0.2, 0) is 38.1 Å². The Morgan fingerprint density at radius 2 is 0.944 bits per heavy atom. The molecule has 3 aromatic carbocycles. The van der Waals surface area contributed by atoms with Crippen molar-refractivity contribution in [2.24, 2.45) is 0 Å². The van der Waals surface area contributed by atoms with Crippen molar-refractivity contribution in [3.63, 3.8) is 0 Å². The van der Waals surface area contributed by atoms with Gasteiger partial charge in [0.1, 0.15) is 18.1 Å². The summed E-state index contributed by atoms with van der Waals surface area (Å²) in [5.41, 5.74) is 2.28. The number of benzene rings is 3. The lowest BCUT2D eigenvalue weighted by Crippen LogP contribution is -2.17. The maximum atomic E-state index is 12.8. The minimum Gasteiger partial charge on any atom is -0.494 e. The molecule has 0 aliphatic rings. The van der Waals surface area contributed by atoms with Gasteiger partial charge in [0.2, 0.25) is 0 Å². The van der Waals surface area contributed by atoms with Gasteiger partial charge in [-0.3, -0.25) is 0 Å². The molecule has 0 aromatic heterocycles. The quantitative estimate of drug-likeness (QED) is 0.0342. The van der Waals surface area contributed by atoms with Crippen LogP contribution in [0.4, 0.5) is 0 Å². The van der Waals surface area contributed by atoms with Crippen molar-refractivity contribution < 1.29 is 47.6 Å². The van der Waals surface area contributed by atoms with Crippen LogP contribution in [0.3, 0.4) is 0 Å². The van der Waals surface area contributed by atoms with Crippen LogP contribution in [0.1, 0.15) is 74.2 Å². The lowest BCUT2D eigenvalue weighted by molar-refractivity contribution is -0.153. The maximum absolute atomic E-state index is 12.8. The summed E-state index contributed by atoms with van der Waals surface area (Å²) < 4.78 is 32.7. The summed E-state index contributed by atoms with van der Waals surface area (Å²) in [6.07, 6.45) is 14.6. The molecule has 10 nitrogen and oxygen atoms in total. The SMILES string of the molecule is C=CC(=O)OCCCCCCOc1ccc(C=CC(=O)OCC(OC(=O)C=Cc2ccc(OCCCCCCOC(=O)C=C)cc2)c2ccccc2)cc1. The van der Waals surface area contributed by atoms with Gasteiger partial charge in [-0.05, 0) is 104 Å². The number of carbonyl (C=O) groups excluding carboxylic acids is 4. The molecule has 0 radical (unpaired) electrons. The van der Waals surface area contributed by atoms with Gasteiger partial charge in [0.15, 0.2) is 6.10 Å². The van der Waals surface area contributed by atoms with Gasteiger partial charge in [-0.15, -0.1) is 0 Å². The van der Waals surface area contributed by atoms with Crippen LogP contribution in [0.25, 0.3) is 12.2 Å². The fourth-order valence-corrected chi connectivity index (χ4v) is 4.89. The predicted octanol–water partition coefficient (Wildman–Crippen LogP) is 8.58. The molecule has 1 atom stereocenters. The first-order chi connectivity index (χ1) is 26.4. The molecule has 0 aliphatic carbocycles. The fraction of sp³-hybridized carbons (Fsp3) is 0.318. The number of carbonyl (C=O) groups is 4. The first-order valence-corrected chi connectivity index (χ1v) is 18.2. The highest BCUT2D eigenvalue weighted by atomic mass is 16.6. The predicted molar refractivity (Wildman–Crippen MR) is 207 cm³/mol. The molecule has 286 valence electrons. The fourth-order valence-electron chi connectivity index (χ4n) is 4.89. The molecule has 0 aliphatic heterocycles. The van der Waals surface area contributed by atoms with Crippen LogP contribution < -0.4 is 9.47 Å². The number of hydrogen-bond donors (Lipinski definition) is 0. The van der Waals surface area contributed by atoms with Crippen LogP contribution in [0, 0.1) is 0 Å². The van der Waals surface area contributed by atoms with Gasteiger partial charge >= 0.3 is 23.9 Å². The molecule has 10 heteroatoms. The van der Waals surface area contributed by atoms with Crippen LogP contribution in [0.5, 0.6) is 11.5 Å². The average Bonchev–Trinajstić information content (AvgIpc) is 3.20. The molecule has 0 bridgehead atoms. The molecule has 0 fully saturated rings. The molecule has 1 unspecified atom stereocenters. The zero-order chi connectivity index (χ0) is 38.6. The van der Waals surface area contributed by atoms with E-state index in [-0.39, 0.29) is 6.61 Å². The van der Waals surface area contributed by atoms with Crippen LogP contribution in [0.15, 0.2) is 116 Å². The molecule has 3 rings (SSSR count). The third-order valence-electron chi connectivity index (χ3n) is 7.83. The minimum absolute atomic E-state index is 0.158. The number of hydrogen-bond acceptors (Lipinski definition) is 10. The van der Waals surface area contributed by atoms with Gasteiger partial charge in [0.25, 0.3) is 0 Å². The Hall–Kier alpha value is -5.90. The summed E-state index contributed by atoms with van der Waals surface area (Å²) in [5, 5.41) is 0. The first kappa shape index (κ1) is 42.5. The maximum Gasteiger partial charge on any atom is 0.331 e. The lowest BCUT2D eigenvalue weighted by atomic mass is 10.1. The number of esters is 4. The second kappa shape index (κ2) is 26.0. The van der Waals surface area contributed by atoms with E-state index in [0.29, 0.717) is 32.0 Å². The Labute approximate surface area is 318 Å². The summed E-state index contributed by atoms with van der Waals surface area (Å²) >= 11 is 0. The van der Waals surface area contributed by atoms with Crippen LogP contribution in [0.2, 0.25) is 0 Å². The van der Waals surface area contributed by atoms with E-state index in [1.54, 1.807) is 24.3 Å². The van der Waals surface area contributed by atoms with Crippen molar-refractivity contribution in [2.75, 3.05) is 33.0 Å². The Balaban J connectivity index is 1.37. The molecule has 0 spiro atoms. The zero-order valence-corrected chi connectivity index (χ0v) is 30.7. The standard InChI is InChI=1S/C44H50O10/c1-3-41(45)51-32-14-7-5-12-30-49-38-24-18-35(19-25-38)22-28-43(47)53-34-40(37-16-10-9-11-17-37)54-44(48)29-23-36-20-26-39(27-21-36)50-31-13-6-8-15-33-52-42(46)4-2/h3-4,9-11,16-29,40H,1-2,5-8,12-15,30-34H2. The average molecular weight is 739 g/mol. The summed E-state index contributed by atoms with van der Waals surface area (Å²) in [7, 11) is 0. The number of unbranched alkanes of at least 4 members (excludes halogenated alkanes) is 6. The van der Waals surface area contributed by atoms with Crippen molar-refractivity contribution >= 4 is 36.0 Å². The van der Waals surface area contributed by atoms with E-state index in [4.69, 9.17) is 28.4 Å². The Morgan fingerprint density at radius 3 is 1.41 bits per heavy atom. The first-order valence-electron chi connectivity index (χ1n) is 18.2. The highest BCUT2D eigenvalue weighted by molar-refractivity contribution is 5.88. The van der Waals surface area contributed by atoms with Crippen molar-refractivity contribution in [1.29, 1.82) is 0 Å². The van der Waals surface area contributed by atoms with Crippen molar-refractivity contribution in [3.8, 4) is 11.5 Å². The zero-order valence-electron chi connectivity index (χ0n) is 30.7. The third-order valence-corrected chi connectivity index (χ3v) is 7.83. The van der Waals surface area contributed by atoms with Gasteiger partial charge in [0, 0.05) is 24.3 Å². The Kier molecular flexibility index (Phi) is 20.4. The highest BCUT2D eigenvalue weighted by Gasteiger charge is 2.17. The van der Waals surface area contributed by atoms with Crippen molar-refractivity contribution in [1.82, 2.24) is 0 Å². The molecule has 0 saturated heterocycles. The van der Waals surface area contributed by atoms with E-state index >= 15 is 0 Å². The monoisotopic (exact) mass is 738 g/mol. The largest absolute Gasteiger partial charge is 0.494 e. The second-order valence-corrected chi connectivity index (χ2v) is 12.0. The summed E-state index contributed by atoms with van der Waals surface area (Å²) in [6.45, 7) is 8.51. The van der Waals surface area contributed by atoms with Gasteiger partial charge in [0.05, 0.1) is 26.4 Å². The molecule has 0 saturated carbocycles. The van der Waals surface area contributed by atoms with E-state index in [9.17, 15) is 19.2 Å². The number of rotatable bonds is 26. The molecular weight excluding hydrogens is 688 g/mol. The normalized spacial score (nSPS) is 11.4. The van der Waals surface area contributed by atoms with E-state index < -0.39 is 30.0 Å². The topological polar surface area (TPSA) is 124 Å². The van der Waals surface area contributed by atoms with Crippen molar-refractivity contribution in [3.05, 3.63) is 133 Å². The molecule has 3 aromatic rings. The molecule has 0 N–H and O–H groups in total. The van der Waals surface area contributed by atoms with E-state index in [1.807, 2.05) is 66.7 Å². The summed E-state index contributed by atoms with van der Waals surface area (Å²) in [4.78, 5) is 47.4. The van der Waals surface area contributed by atoms with Gasteiger partial charge in [-0.1, -0.05) is 67.8 Å². The van der Waals surface area contributed by atoms with Gasteiger partial charge < -0.3 is 28.4 Å². The lowest BCUT2D eigenvalue weighted by Gasteiger charge is -2.17. The molecule has 0 amide bonds. The van der Waals surface area contributed by atoms with E-state index in [1.165, 1.54) is 12.2 Å². The minimum atomic E-state index is -0.801. The molecule has 0 heterocycles. The third kappa shape index (κ3) is 18.5.